The Labute approximate surface area is 130 Å². The monoisotopic (exact) mass is 293 g/mol. The molecule has 21 heavy (non-hydrogen) atoms. The van der Waals surface area contributed by atoms with Crippen molar-refractivity contribution in [2.24, 2.45) is 0 Å². The Bertz CT molecular complexity index is 379. The third-order valence-corrected chi connectivity index (χ3v) is 3.39. The summed E-state index contributed by atoms with van der Waals surface area (Å²) in [5.41, 5.74) is 1.23. The van der Waals surface area contributed by atoms with Gasteiger partial charge in [-0.25, -0.2) is 0 Å². The molecule has 0 saturated heterocycles. The van der Waals surface area contributed by atoms with Crippen LogP contribution in [0.25, 0.3) is 0 Å². The summed E-state index contributed by atoms with van der Waals surface area (Å²) in [6.45, 7) is 9.63. The topological polar surface area (TPSA) is 30.5 Å². The van der Waals surface area contributed by atoms with Crippen LogP contribution < -0.4 is 14.8 Å². The largest absolute Gasteiger partial charge is 0.490 e. The van der Waals surface area contributed by atoms with Gasteiger partial charge in [0.15, 0.2) is 11.5 Å². The first-order valence-corrected chi connectivity index (χ1v) is 8.41. The van der Waals surface area contributed by atoms with E-state index in [0.717, 1.165) is 37.6 Å². The van der Waals surface area contributed by atoms with Crippen LogP contribution in [0.1, 0.15) is 58.4 Å². The summed E-state index contributed by atoms with van der Waals surface area (Å²) in [6, 6.07) is 6.22. The van der Waals surface area contributed by atoms with E-state index in [-0.39, 0.29) is 0 Å². The third kappa shape index (κ3) is 7.37. The van der Waals surface area contributed by atoms with Gasteiger partial charge in [0.05, 0.1) is 13.2 Å². The molecule has 0 atom stereocenters. The molecule has 120 valence electrons. The summed E-state index contributed by atoms with van der Waals surface area (Å²) in [5, 5.41) is 3.33. The van der Waals surface area contributed by atoms with Crippen LogP contribution in [0.3, 0.4) is 0 Å². The molecule has 0 radical (unpaired) electrons. The molecule has 0 unspecified atom stereocenters. The molecule has 3 nitrogen and oxygen atoms in total. The Hall–Kier alpha value is -1.22. The molecule has 1 aromatic rings. The highest BCUT2D eigenvalue weighted by Gasteiger charge is 2.06. The van der Waals surface area contributed by atoms with Crippen LogP contribution in [0.4, 0.5) is 0 Å². The van der Waals surface area contributed by atoms with E-state index in [1.165, 1.54) is 31.2 Å². The van der Waals surface area contributed by atoms with Crippen LogP contribution in [0.2, 0.25) is 0 Å². The minimum Gasteiger partial charge on any atom is -0.490 e. The lowest BCUT2D eigenvalue weighted by molar-refractivity contribution is 0.270. The summed E-state index contributed by atoms with van der Waals surface area (Å²) in [4.78, 5) is 0. The highest BCUT2D eigenvalue weighted by Crippen LogP contribution is 2.28. The molecular weight excluding hydrogens is 262 g/mol. The lowest BCUT2D eigenvalue weighted by Crippen LogP contribution is -2.12. The fourth-order valence-electron chi connectivity index (χ4n) is 2.21. The van der Waals surface area contributed by atoms with E-state index in [2.05, 4.69) is 31.3 Å². The molecule has 0 bridgehead atoms. The minimum absolute atomic E-state index is 0.664. The number of hydrogen-bond donors (Lipinski definition) is 1. The number of nitrogens with one attached hydrogen (secondary N) is 1. The van der Waals surface area contributed by atoms with Gasteiger partial charge >= 0.3 is 0 Å². The van der Waals surface area contributed by atoms with Gasteiger partial charge in [0.25, 0.3) is 0 Å². The molecule has 0 heterocycles. The van der Waals surface area contributed by atoms with Gasteiger partial charge in [-0.15, -0.1) is 0 Å². The first-order valence-electron chi connectivity index (χ1n) is 8.41. The number of unbranched alkanes of at least 4 members (excludes halogenated alkanes) is 4. The van der Waals surface area contributed by atoms with Crippen molar-refractivity contribution < 1.29 is 9.47 Å². The third-order valence-electron chi connectivity index (χ3n) is 3.39. The number of rotatable bonds is 12. The van der Waals surface area contributed by atoms with Crippen LogP contribution in [-0.2, 0) is 6.54 Å². The van der Waals surface area contributed by atoms with Crippen LogP contribution in [-0.4, -0.2) is 19.8 Å². The average molecular weight is 293 g/mol. The molecule has 0 saturated carbocycles. The van der Waals surface area contributed by atoms with Crippen molar-refractivity contribution in [2.75, 3.05) is 19.8 Å². The fraction of sp³-hybridized carbons (Fsp3) is 0.667. The maximum Gasteiger partial charge on any atom is 0.161 e. The fourth-order valence-corrected chi connectivity index (χ4v) is 2.21. The molecular formula is C18H31NO2. The van der Waals surface area contributed by atoms with E-state index in [0.29, 0.717) is 6.61 Å². The van der Waals surface area contributed by atoms with Crippen molar-refractivity contribution in [1.82, 2.24) is 5.32 Å². The van der Waals surface area contributed by atoms with Crippen molar-refractivity contribution in [3.8, 4) is 11.5 Å². The summed E-state index contributed by atoms with van der Waals surface area (Å²) in [7, 11) is 0. The maximum absolute atomic E-state index is 5.88. The first kappa shape index (κ1) is 17.8. The second-order valence-electron chi connectivity index (χ2n) is 5.26. The van der Waals surface area contributed by atoms with Crippen molar-refractivity contribution in [3.05, 3.63) is 23.8 Å². The highest BCUT2D eigenvalue weighted by molar-refractivity contribution is 5.43. The van der Waals surface area contributed by atoms with E-state index in [1.807, 2.05) is 13.0 Å². The molecule has 0 amide bonds. The lowest BCUT2D eigenvalue weighted by atomic mass is 10.1. The first-order chi connectivity index (χ1) is 10.3. The van der Waals surface area contributed by atoms with Gasteiger partial charge in [0.2, 0.25) is 0 Å². The van der Waals surface area contributed by atoms with Gasteiger partial charge in [0, 0.05) is 6.54 Å². The van der Waals surface area contributed by atoms with E-state index in [1.54, 1.807) is 0 Å². The maximum atomic E-state index is 5.88. The SMILES string of the molecule is CCCCCCCOc1ccc(CNCC)cc1OCC. The molecule has 0 aliphatic rings. The summed E-state index contributed by atoms with van der Waals surface area (Å²) in [6.07, 6.45) is 6.27. The summed E-state index contributed by atoms with van der Waals surface area (Å²) < 4.78 is 11.6. The van der Waals surface area contributed by atoms with Gasteiger partial charge in [-0.2, -0.15) is 0 Å². The van der Waals surface area contributed by atoms with Crippen molar-refractivity contribution in [3.63, 3.8) is 0 Å². The van der Waals surface area contributed by atoms with Gasteiger partial charge in [-0.1, -0.05) is 45.6 Å². The van der Waals surface area contributed by atoms with Gasteiger partial charge < -0.3 is 14.8 Å². The van der Waals surface area contributed by atoms with Crippen LogP contribution >= 0.6 is 0 Å². The zero-order valence-electron chi connectivity index (χ0n) is 13.9. The van der Waals surface area contributed by atoms with Gasteiger partial charge in [-0.3, -0.25) is 0 Å². The Morgan fingerprint density at radius 1 is 0.905 bits per heavy atom. The second kappa shape index (κ2) is 11.4. The van der Waals surface area contributed by atoms with Crippen LogP contribution in [0.15, 0.2) is 18.2 Å². The van der Waals surface area contributed by atoms with E-state index in [4.69, 9.17) is 9.47 Å². The van der Waals surface area contributed by atoms with Crippen molar-refractivity contribution >= 4 is 0 Å². The number of hydrogen-bond acceptors (Lipinski definition) is 3. The van der Waals surface area contributed by atoms with E-state index in [9.17, 15) is 0 Å². The molecule has 0 aromatic heterocycles. The Kier molecular flexibility index (Phi) is 9.71. The van der Waals surface area contributed by atoms with E-state index < -0.39 is 0 Å². The smallest absolute Gasteiger partial charge is 0.161 e. The standard InChI is InChI=1S/C18H31NO2/c1-4-7-8-9-10-13-21-17-12-11-16(15-19-5-2)14-18(17)20-6-3/h11-12,14,19H,4-10,13,15H2,1-3H3. The van der Waals surface area contributed by atoms with Crippen LogP contribution in [0.5, 0.6) is 11.5 Å². The van der Waals surface area contributed by atoms with Crippen molar-refractivity contribution in [2.45, 2.75) is 59.4 Å². The van der Waals surface area contributed by atoms with Crippen LogP contribution in [0, 0.1) is 0 Å². The molecule has 1 rings (SSSR count). The quantitative estimate of drug-likeness (QED) is 0.574. The molecule has 0 aliphatic carbocycles. The average Bonchev–Trinajstić information content (AvgIpc) is 2.50. The zero-order chi connectivity index (χ0) is 15.3. The van der Waals surface area contributed by atoms with Gasteiger partial charge in [-0.05, 0) is 37.6 Å². The van der Waals surface area contributed by atoms with Crippen molar-refractivity contribution in [1.29, 1.82) is 0 Å². The normalized spacial score (nSPS) is 10.6. The number of ether oxygens (including phenoxy) is 2. The zero-order valence-corrected chi connectivity index (χ0v) is 13.9. The Morgan fingerprint density at radius 3 is 2.43 bits per heavy atom. The molecule has 1 aromatic carbocycles. The Morgan fingerprint density at radius 2 is 1.71 bits per heavy atom. The Balaban J connectivity index is 2.47. The molecule has 0 spiro atoms. The molecule has 1 N–H and O–H groups in total. The summed E-state index contributed by atoms with van der Waals surface area (Å²) >= 11 is 0. The molecule has 3 heteroatoms. The number of benzene rings is 1. The summed E-state index contributed by atoms with van der Waals surface area (Å²) in [5.74, 6) is 1.73. The predicted octanol–water partition coefficient (Wildman–Crippen LogP) is 4.54. The molecule has 0 aliphatic heterocycles. The predicted molar refractivity (Wildman–Crippen MR) is 89.2 cm³/mol. The highest BCUT2D eigenvalue weighted by atomic mass is 16.5. The van der Waals surface area contributed by atoms with Gasteiger partial charge in [0.1, 0.15) is 0 Å². The minimum atomic E-state index is 0.664. The molecule has 0 fully saturated rings. The second-order valence-corrected chi connectivity index (χ2v) is 5.26. The lowest BCUT2D eigenvalue weighted by Gasteiger charge is -2.13. The van der Waals surface area contributed by atoms with E-state index >= 15 is 0 Å².